The highest BCUT2D eigenvalue weighted by Gasteiger charge is 2.04. The first-order valence-corrected chi connectivity index (χ1v) is 6.09. The molecule has 0 aromatic heterocycles. The van der Waals surface area contributed by atoms with Crippen LogP contribution in [0.5, 0.6) is 0 Å². The predicted molar refractivity (Wildman–Crippen MR) is 65.0 cm³/mol. The first-order valence-electron chi connectivity index (χ1n) is 6.09. The summed E-state index contributed by atoms with van der Waals surface area (Å²) in [5.74, 6) is 0.679. The average Bonchev–Trinajstić information content (AvgIpc) is 2.17. The Morgan fingerprint density at radius 1 is 1.06 bits per heavy atom. The minimum Gasteiger partial charge on any atom is -0.356 e. The molecule has 0 aromatic rings. The van der Waals surface area contributed by atoms with Gasteiger partial charge in [-0.05, 0) is 25.7 Å². The molecule has 94 valence electrons. The molecule has 2 N–H and O–H groups in total. The van der Waals surface area contributed by atoms with Crippen LogP contribution >= 0.6 is 0 Å². The number of carbonyl (C=O) groups excluding carboxylic acids is 2. The lowest BCUT2D eigenvalue weighted by molar-refractivity contribution is -0.122. The van der Waals surface area contributed by atoms with E-state index >= 15 is 0 Å². The van der Waals surface area contributed by atoms with E-state index in [0.717, 1.165) is 13.0 Å². The van der Waals surface area contributed by atoms with E-state index in [-0.39, 0.29) is 11.8 Å². The van der Waals surface area contributed by atoms with Crippen molar-refractivity contribution >= 4 is 11.8 Å². The fourth-order valence-electron chi connectivity index (χ4n) is 1.28. The van der Waals surface area contributed by atoms with Crippen molar-refractivity contribution in [1.82, 2.24) is 10.6 Å². The van der Waals surface area contributed by atoms with Crippen molar-refractivity contribution in [2.45, 2.75) is 46.5 Å². The summed E-state index contributed by atoms with van der Waals surface area (Å²) >= 11 is 0. The van der Waals surface area contributed by atoms with Crippen LogP contribution in [0.1, 0.15) is 46.5 Å². The smallest absolute Gasteiger partial charge is 0.220 e. The molecule has 4 nitrogen and oxygen atoms in total. The van der Waals surface area contributed by atoms with Gasteiger partial charge >= 0.3 is 0 Å². The number of nitrogens with one attached hydrogen (secondary N) is 2. The Bertz CT molecular complexity index is 215. The minimum atomic E-state index is 0.0254. The first kappa shape index (κ1) is 14.9. The maximum Gasteiger partial charge on any atom is 0.220 e. The van der Waals surface area contributed by atoms with Crippen LogP contribution in [0.25, 0.3) is 0 Å². The largest absolute Gasteiger partial charge is 0.356 e. The number of carbonyl (C=O) groups is 2. The number of hydrogen-bond acceptors (Lipinski definition) is 2. The predicted octanol–water partition coefficient (Wildman–Crippen LogP) is 1.46. The topological polar surface area (TPSA) is 58.2 Å². The van der Waals surface area contributed by atoms with Gasteiger partial charge in [0.2, 0.25) is 11.8 Å². The Balaban J connectivity index is 3.40. The molecule has 0 spiro atoms. The molecule has 0 heterocycles. The van der Waals surface area contributed by atoms with Crippen LogP contribution in [0.2, 0.25) is 0 Å². The molecule has 0 aromatic carbocycles. The van der Waals surface area contributed by atoms with Gasteiger partial charge in [0.05, 0.1) is 0 Å². The van der Waals surface area contributed by atoms with E-state index in [0.29, 0.717) is 31.7 Å². The average molecular weight is 228 g/mol. The molecular formula is C12H24N2O2. The molecule has 0 unspecified atom stereocenters. The van der Waals surface area contributed by atoms with Crippen LogP contribution in [-0.4, -0.2) is 24.9 Å². The third-order valence-electron chi connectivity index (χ3n) is 2.23. The van der Waals surface area contributed by atoms with Gasteiger partial charge < -0.3 is 10.6 Å². The van der Waals surface area contributed by atoms with Gasteiger partial charge in [0, 0.05) is 25.9 Å². The molecule has 0 bridgehead atoms. The summed E-state index contributed by atoms with van der Waals surface area (Å²) in [4.78, 5) is 22.4. The lowest BCUT2D eigenvalue weighted by atomic mass is 10.1. The van der Waals surface area contributed by atoms with Gasteiger partial charge in [-0.25, -0.2) is 0 Å². The third-order valence-corrected chi connectivity index (χ3v) is 2.23. The maximum absolute atomic E-state index is 11.3. The zero-order valence-electron chi connectivity index (χ0n) is 10.6. The van der Waals surface area contributed by atoms with Crippen molar-refractivity contribution in [2.24, 2.45) is 5.92 Å². The van der Waals surface area contributed by atoms with Crippen LogP contribution in [0.15, 0.2) is 0 Å². The summed E-state index contributed by atoms with van der Waals surface area (Å²) in [5, 5.41) is 5.56. The van der Waals surface area contributed by atoms with Crippen LogP contribution in [0.3, 0.4) is 0 Å². The van der Waals surface area contributed by atoms with Crippen molar-refractivity contribution in [2.75, 3.05) is 13.1 Å². The molecule has 0 saturated carbocycles. The molecule has 0 radical (unpaired) electrons. The van der Waals surface area contributed by atoms with Crippen molar-refractivity contribution in [3.05, 3.63) is 0 Å². The Labute approximate surface area is 98.2 Å². The third kappa shape index (κ3) is 9.49. The second kappa shape index (κ2) is 9.19. The number of hydrogen-bond donors (Lipinski definition) is 2. The number of rotatable bonds is 8. The quantitative estimate of drug-likeness (QED) is 0.660. The monoisotopic (exact) mass is 228 g/mol. The lowest BCUT2D eigenvalue weighted by Gasteiger charge is -2.07. The second-order valence-electron chi connectivity index (χ2n) is 4.34. The van der Waals surface area contributed by atoms with E-state index in [1.165, 1.54) is 0 Å². The normalized spacial score (nSPS) is 10.2. The van der Waals surface area contributed by atoms with Gasteiger partial charge in [-0.15, -0.1) is 0 Å². The summed E-state index contributed by atoms with van der Waals surface area (Å²) in [6.45, 7) is 7.52. The fourth-order valence-corrected chi connectivity index (χ4v) is 1.28. The van der Waals surface area contributed by atoms with Crippen molar-refractivity contribution in [1.29, 1.82) is 0 Å². The summed E-state index contributed by atoms with van der Waals surface area (Å²) in [6.07, 6.45) is 2.50. The number of amides is 2. The highest BCUT2D eigenvalue weighted by Crippen LogP contribution is 1.98. The van der Waals surface area contributed by atoms with Crippen LogP contribution in [0, 0.1) is 5.92 Å². The minimum absolute atomic E-state index is 0.0254. The molecule has 0 atom stereocenters. The fraction of sp³-hybridized carbons (Fsp3) is 0.833. The van der Waals surface area contributed by atoms with Crippen molar-refractivity contribution < 1.29 is 9.59 Å². The summed E-state index contributed by atoms with van der Waals surface area (Å²) < 4.78 is 0. The van der Waals surface area contributed by atoms with E-state index in [1.54, 1.807) is 0 Å². The zero-order chi connectivity index (χ0) is 12.4. The molecule has 0 fully saturated rings. The molecule has 0 aliphatic rings. The van der Waals surface area contributed by atoms with Gasteiger partial charge in [0.25, 0.3) is 0 Å². The van der Waals surface area contributed by atoms with Gasteiger partial charge in [-0.2, -0.15) is 0 Å². The SMILES string of the molecule is CCNC(=O)CCCC(=O)NCCC(C)C. The van der Waals surface area contributed by atoms with E-state index in [1.807, 2.05) is 6.92 Å². The molecule has 2 amide bonds. The summed E-state index contributed by atoms with van der Waals surface area (Å²) in [7, 11) is 0. The molecule has 16 heavy (non-hydrogen) atoms. The van der Waals surface area contributed by atoms with E-state index < -0.39 is 0 Å². The summed E-state index contributed by atoms with van der Waals surface area (Å²) in [5.41, 5.74) is 0. The van der Waals surface area contributed by atoms with Crippen molar-refractivity contribution in [3.63, 3.8) is 0 Å². The molecule has 0 aliphatic heterocycles. The van der Waals surface area contributed by atoms with Crippen LogP contribution in [0.4, 0.5) is 0 Å². The van der Waals surface area contributed by atoms with Gasteiger partial charge in [-0.1, -0.05) is 13.8 Å². The highest BCUT2D eigenvalue weighted by atomic mass is 16.2. The molecule has 0 rings (SSSR count). The summed E-state index contributed by atoms with van der Waals surface area (Å²) in [6, 6.07) is 0. The molecule has 0 aliphatic carbocycles. The Morgan fingerprint density at radius 2 is 1.62 bits per heavy atom. The van der Waals surface area contributed by atoms with E-state index in [9.17, 15) is 9.59 Å². The molecule has 4 heteroatoms. The standard InChI is InChI=1S/C12H24N2O2/c1-4-13-11(15)6-5-7-12(16)14-9-8-10(2)3/h10H,4-9H2,1-3H3,(H,13,15)(H,14,16). The lowest BCUT2D eigenvalue weighted by Crippen LogP contribution is -2.26. The first-order chi connectivity index (χ1) is 7.56. The zero-order valence-corrected chi connectivity index (χ0v) is 10.6. The van der Waals surface area contributed by atoms with Crippen LogP contribution in [-0.2, 0) is 9.59 Å². The highest BCUT2D eigenvalue weighted by molar-refractivity contribution is 5.78. The Hall–Kier alpha value is -1.06. The second-order valence-corrected chi connectivity index (χ2v) is 4.34. The molecular weight excluding hydrogens is 204 g/mol. The maximum atomic E-state index is 11.3. The Kier molecular flexibility index (Phi) is 8.58. The molecule has 0 saturated heterocycles. The van der Waals surface area contributed by atoms with Gasteiger partial charge in [-0.3, -0.25) is 9.59 Å². The van der Waals surface area contributed by atoms with Crippen LogP contribution < -0.4 is 10.6 Å². The van der Waals surface area contributed by atoms with Gasteiger partial charge in [0.1, 0.15) is 0 Å². The van der Waals surface area contributed by atoms with E-state index in [2.05, 4.69) is 24.5 Å². The van der Waals surface area contributed by atoms with E-state index in [4.69, 9.17) is 0 Å². The Morgan fingerprint density at radius 3 is 2.12 bits per heavy atom. The van der Waals surface area contributed by atoms with Crippen molar-refractivity contribution in [3.8, 4) is 0 Å². The van der Waals surface area contributed by atoms with Gasteiger partial charge in [0.15, 0.2) is 0 Å².